The Balaban J connectivity index is 2.05. The number of amides is 1. The van der Waals surface area contributed by atoms with E-state index in [4.69, 9.17) is 0 Å². The third-order valence-corrected chi connectivity index (χ3v) is 3.18. The lowest BCUT2D eigenvalue weighted by Gasteiger charge is -2.21. The Morgan fingerprint density at radius 1 is 1.47 bits per heavy atom. The topological polar surface area (TPSA) is 56.0 Å². The molecule has 1 atom stereocenters. The molecule has 0 fully saturated rings. The molecule has 0 aliphatic heterocycles. The molecule has 0 radical (unpaired) electrons. The molecule has 6 nitrogen and oxygen atoms in total. The van der Waals surface area contributed by atoms with Crippen LogP contribution < -0.4 is 0 Å². The molecule has 0 aliphatic rings. The first kappa shape index (κ1) is 13.3. The average molecular weight is 261 g/mol. The summed E-state index contributed by atoms with van der Waals surface area (Å²) < 4.78 is 3.46. The molecule has 0 saturated heterocycles. The van der Waals surface area contributed by atoms with Crippen LogP contribution >= 0.6 is 0 Å². The Labute approximate surface area is 112 Å². The van der Waals surface area contributed by atoms with Crippen molar-refractivity contribution >= 4 is 5.91 Å². The van der Waals surface area contributed by atoms with E-state index in [1.54, 1.807) is 33.7 Å². The van der Waals surface area contributed by atoms with Crippen LogP contribution in [-0.4, -0.2) is 37.4 Å². The van der Waals surface area contributed by atoms with Gasteiger partial charge in [-0.3, -0.25) is 14.2 Å². The van der Waals surface area contributed by atoms with Crippen molar-refractivity contribution in [3.63, 3.8) is 0 Å². The van der Waals surface area contributed by atoms with E-state index in [-0.39, 0.29) is 11.9 Å². The highest BCUT2D eigenvalue weighted by Gasteiger charge is 2.20. The molecule has 1 amide bonds. The Kier molecular flexibility index (Phi) is 3.69. The van der Waals surface area contributed by atoms with Gasteiger partial charge in [0.15, 0.2) is 0 Å². The van der Waals surface area contributed by atoms with E-state index in [1.165, 1.54) is 0 Å². The summed E-state index contributed by atoms with van der Waals surface area (Å²) in [6.45, 7) is 4.36. The maximum atomic E-state index is 12.3. The van der Waals surface area contributed by atoms with Crippen molar-refractivity contribution in [2.45, 2.75) is 26.4 Å². The van der Waals surface area contributed by atoms with Crippen molar-refractivity contribution in [2.24, 2.45) is 7.05 Å². The molecule has 2 aromatic rings. The zero-order valence-electron chi connectivity index (χ0n) is 11.7. The van der Waals surface area contributed by atoms with Crippen LogP contribution in [0.3, 0.4) is 0 Å². The molecule has 19 heavy (non-hydrogen) atoms. The summed E-state index contributed by atoms with van der Waals surface area (Å²) in [5, 5.41) is 8.28. The highest BCUT2D eigenvalue weighted by Crippen LogP contribution is 2.11. The number of likely N-dealkylation sites (N-methyl/N-ethyl adjacent to an activating group) is 1. The van der Waals surface area contributed by atoms with Gasteiger partial charge in [0.05, 0.1) is 18.4 Å². The quantitative estimate of drug-likeness (QED) is 0.829. The van der Waals surface area contributed by atoms with Gasteiger partial charge in [-0.25, -0.2) is 0 Å². The lowest BCUT2D eigenvalue weighted by atomic mass is 10.3. The van der Waals surface area contributed by atoms with Gasteiger partial charge in [-0.15, -0.1) is 0 Å². The summed E-state index contributed by atoms with van der Waals surface area (Å²) in [7, 11) is 3.66. The van der Waals surface area contributed by atoms with Crippen molar-refractivity contribution in [2.75, 3.05) is 7.05 Å². The summed E-state index contributed by atoms with van der Waals surface area (Å²) >= 11 is 0. The summed E-state index contributed by atoms with van der Waals surface area (Å²) in [5.41, 5.74) is 2.05. The molecule has 0 N–H and O–H groups in total. The standard InChI is InChI=1S/C13H19N5O/c1-10-7-15-18(8-10)11(2)13(19)16(3)9-12-5-6-14-17(12)4/h5-8,11H,9H2,1-4H3. The number of rotatable bonds is 4. The van der Waals surface area contributed by atoms with E-state index in [1.807, 2.05) is 33.2 Å². The number of nitrogens with zero attached hydrogens (tertiary/aromatic N) is 5. The average Bonchev–Trinajstić information content (AvgIpc) is 2.97. The van der Waals surface area contributed by atoms with E-state index in [0.717, 1.165) is 11.3 Å². The van der Waals surface area contributed by atoms with Gasteiger partial charge in [-0.1, -0.05) is 0 Å². The van der Waals surface area contributed by atoms with Gasteiger partial charge in [0.25, 0.3) is 0 Å². The first-order valence-electron chi connectivity index (χ1n) is 6.21. The highest BCUT2D eigenvalue weighted by molar-refractivity contribution is 5.79. The van der Waals surface area contributed by atoms with Gasteiger partial charge in [0.2, 0.25) is 5.91 Å². The van der Waals surface area contributed by atoms with Crippen LogP contribution in [0.2, 0.25) is 0 Å². The maximum absolute atomic E-state index is 12.3. The minimum Gasteiger partial charge on any atom is -0.338 e. The fourth-order valence-corrected chi connectivity index (χ4v) is 1.95. The van der Waals surface area contributed by atoms with Gasteiger partial charge in [-0.05, 0) is 25.5 Å². The highest BCUT2D eigenvalue weighted by atomic mass is 16.2. The normalized spacial score (nSPS) is 12.4. The predicted molar refractivity (Wildman–Crippen MR) is 71.4 cm³/mol. The summed E-state index contributed by atoms with van der Waals surface area (Å²) in [6, 6.07) is 1.61. The molecule has 0 aromatic carbocycles. The van der Waals surface area contributed by atoms with E-state index < -0.39 is 0 Å². The molecule has 2 rings (SSSR count). The minimum absolute atomic E-state index is 0.0318. The van der Waals surface area contributed by atoms with E-state index >= 15 is 0 Å². The third-order valence-electron chi connectivity index (χ3n) is 3.18. The number of aromatic nitrogens is 4. The first-order valence-corrected chi connectivity index (χ1v) is 6.21. The Morgan fingerprint density at radius 3 is 2.74 bits per heavy atom. The van der Waals surface area contributed by atoms with Gasteiger partial charge in [0.1, 0.15) is 6.04 Å². The Bertz CT molecular complexity index is 571. The molecular weight excluding hydrogens is 242 g/mol. The van der Waals surface area contributed by atoms with E-state index in [2.05, 4.69) is 10.2 Å². The zero-order chi connectivity index (χ0) is 14.0. The molecule has 6 heteroatoms. The molecule has 2 heterocycles. The van der Waals surface area contributed by atoms with Crippen LogP contribution in [0, 0.1) is 6.92 Å². The number of hydrogen-bond acceptors (Lipinski definition) is 3. The summed E-state index contributed by atoms with van der Waals surface area (Å²) in [5.74, 6) is 0.0318. The van der Waals surface area contributed by atoms with Crippen molar-refractivity contribution < 1.29 is 4.79 Å². The fraction of sp³-hybridized carbons (Fsp3) is 0.462. The summed E-state index contributed by atoms with van der Waals surface area (Å²) in [6.07, 6.45) is 5.36. The summed E-state index contributed by atoms with van der Waals surface area (Å²) in [4.78, 5) is 14.0. The number of aryl methyl sites for hydroxylation is 2. The smallest absolute Gasteiger partial charge is 0.247 e. The van der Waals surface area contributed by atoms with Crippen LogP contribution in [0.25, 0.3) is 0 Å². The lowest BCUT2D eigenvalue weighted by Crippen LogP contribution is -2.33. The van der Waals surface area contributed by atoms with Crippen LogP contribution in [0.5, 0.6) is 0 Å². The van der Waals surface area contributed by atoms with Crippen molar-refractivity contribution in [3.05, 3.63) is 35.9 Å². The molecule has 1 unspecified atom stereocenters. The van der Waals surface area contributed by atoms with Gasteiger partial charge >= 0.3 is 0 Å². The van der Waals surface area contributed by atoms with Crippen LogP contribution in [0.4, 0.5) is 0 Å². The first-order chi connectivity index (χ1) is 8.99. The molecule has 0 bridgehead atoms. The largest absolute Gasteiger partial charge is 0.338 e. The monoisotopic (exact) mass is 261 g/mol. The third kappa shape index (κ3) is 2.83. The molecule has 0 saturated carbocycles. The molecule has 2 aromatic heterocycles. The van der Waals surface area contributed by atoms with E-state index in [0.29, 0.717) is 6.54 Å². The SMILES string of the molecule is Cc1cnn(C(C)C(=O)N(C)Cc2ccnn2C)c1. The Hall–Kier alpha value is -2.11. The number of carbonyl (C=O) groups excluding carboxylic acids is 1. The van der Waals surface area contributed by atoms with E-state index in [9.17, 15) is 4.79 Å². The number of hydrogen-bond donors (Lipinski definition) is 0. The minimum atomic E-state index is -0.299. The second-order valence-electron chi connectivity index (χ2n) is 4.81. The van der Waals surface area contributed by atoms with Crippen molar-refractivity contribution in [1.82, 2.24) is 24.5 Å². The van der Waals surface area contributed by atoms with Crippen LogP contribution in [0.15, 0.2) is 24.7 Å². The lowest BCUT2D eigenvalue weighted by molar-refractivity contribution is -0.133. The van der Waals surface area contributed by atoms with Crippen molar-refractivity contribution in [3.8, 4) is 0 Å². The van der Waals surface area contributed by atoms with Crippen LogP contribution in [-0.2, 0) is 18.4 Å². The molecule has 0 spiro atoms. The fourth-order valence-electron chi connectivity index (χ4n) is 1.95. The predicted octanol–water partition coefficient (Wildman–Crippen LogP) is 1.14. The molecular formula is C13H19N5O. The van der Waals surface area contributed by atoms with Gasteiger partial charge < -0.3 is 4.90 Å². The maximum Gasteiger partial charge on any atom is 0.247 e. The Morgan fingerprint density at radius 2 is 2.21 bits per heavy atom. The van der Waals surface area contributed by atoms with Crippen LogP contribution in [0.1, 0.15) is 24.2 Å². The number of carbonyl (C=O) groups is 1. The zero-order valence-corrected chi connectivity index (χ0v) is 11.7. The molecule has 102 valence electrons. The van der Waals surface area contributed by atoms with Crippen molar-refractivity contribution in [1.29, 1.82) is 0 Å². The van der Waals surface area contributed by atoms with Gasteiger partial charge in [0, 0.05) is 26.5 Å². The molecule has 0 aliphatic carbocycles. The second-order valence-corrected chi connectivity index (χ2v) is 4.81. The second kappa shape index (κ2) is 5.26. The van der Waals surface area contributed by atoms with Gasteiger partial charge in [-0.2, -0.15) is 10.2 Å².